The van der Waals surface area contributed by atoms with E-state index >= 15 is 0 Å². The first-order valence-corrected chi connectivity index (χ1v) is 14.0. The van der Waals surface area contributed by atoms with Gasteiger partial charge in [-0.25, -0.2) is 23.4 Å². The van der Waals surface area contributed by atoms with Crippen molar-refractivity contribution in [2.45, 2.75) is 32.7 Å². The molecule has 0 aliphatic carbocycles. The van der Waals surface area contributed by atoms with Crippen LogP contribution in [-0.2, 0) is 10.0 Å². The van der Waals surface area contributed by atoms with Crippen molar-refractivity contribution in [2.24, 2.45) is 0 Å². The molecule has 37 heavy (non-hydrogen) atoms. The van der Waals surface area contributed by atoms with Gasteiger partial charge >= 0.3 is 0 Å². The van der Waals surface area contributed by atoms with E-state index in [-0.39, 0.29) is 5.75 Å². The molecule has 9 nitrogen and oxygen atoms in total. The van der Waals surface area contributed by atoms with Gasteiger partial charge in [0.2, 0.25) is 15.9 Å². The number of aromatic nitrogens is 3. The molecule has 4 aromatic rings. The lowest BCUT2D eigenvalue weighted by Gasteiger charge is -2.24. The number of piperidine rings is 1. The first-order chi connectivity index (χ1) is 17.9. The molecule has 3 heterocycles. The molecule has 1 aliphatic heterocycles. The van der Waals surface area contributed by atoms with E-state index in [0.717, 1.165) is 53.6 Å². The zero-order valence-electron chi connectivity index (χ0n) is 20.9. The predicted octanol–water partition coefficient (Wildman–Crippen LogP) is 4.72. The van der Waals surface area contributed by atoms with Crippen molar-refractivity contribution in [3.8, 4) is 22.9 Å². The Morgan fingerprint density at radius 3 is 2.65 bits per heavy atom. The molecule has 0 amide bonds. The summed E-state index contributed by atoms with van der Waals surface area (Å²) in [6.07, 6.45) is 7.20. The van der Waals surface area contributed by atoms with Crippen LogP contribution in [0.1, 0.15) is 25.3 Å². The van der Waals surface area contributed by atoms with Gasteiger partial charge in [0.15, 0.2) is 0 Å². The minimum Gasteiger partial charge on any atom is -0.436 e. The van der Waals surface area contributed by atoms with E-state index < -0.39 is 10.0 Å². The molecule has 10 heteroatoms. The molecule has 1 atom stereocenters. The summed E-state index contributed by atoms with van der Waals surface area (Å²) in [6.45, 7) is 5.44. The molecule has 1 unspecified atom stereocenters. The molecule has 2 aromatic carbocycles. The fourth-order valence-electron chi connectivity index (χ4n) is 4.48. The number of rotatable bonds is 8. The summed E-state index contributed by atoms with van der Waals surface area (Å²) in [5.41, 5.74) is 2.71. The molecule has 0 spiro atoms. The normalized spacial score (nSPS) is 15.9. The largest absolute Gasteiger partial charge is 0.436 e. The highest BCUT2D eigenvalue weighted by molar-refractivity contribution is 7.92. The highest BCUT2D eigenvalue weighted by atomic mass is 32.2. The van der Waals surface area contributed by atoms with Crippen LogP contribution in [0.4, 0.5) is 11.5 Å². The Morgan fingerprint density at radius 1 is 1.05 bits per heavy atom. The summed E-state index contributed by atoms with van der Waals surface area (Å²) in [5, 5.41) is 8.42. The van der Waals surface area contributed by atoms with Crippen molar-refractivity contribution < 1.29 is 13.2 Å². The molecule has 192 valence electrons. The molecule has 0 saturated carbocycles. The number of benzene rings is 2. The van der Waals surface area contributed by atoms with Crippen LogP contribution in [0.5, 0.6) is 11.6 Å². The Balaban J connectivity index is 1.50. The highest BCUT2D eigenvalue weighted by Gasteiger charge is 2.19. The third kappa shape index (κ3) is 5.65. The van der Waals surface area contributed by atoms with Crippen LogP contribution in [-0.4, -0.2) is 48.3 Å². The van der Waals surface area contributed by atoms with Gasteiger partial charge in [-0.3, -0.25) is 4.72 Å². The van der Waals surface area contributed by atoms with Crippen molar-refractivity contribution in [2.75, 3.05) is 28.9 Å². The summed E-state index contributed by atoms with van der Waals surface area (Å²) in [5.74, 6) is 1.71. The fraction of sp³-hybridized carbons (Fsp3) is 0.296. The lowest BCUT2D eigenvalue weighted by molar-refractivity contribution is 0.464. The van der Waals surface area contributed by atoms with Gasteiger partial charge in [-0.15, -0.1) is 0 Å². The standard InChI is InChI=1S/C27H30N6O3S/c1-3-37(34,35)33-23-15-18(2)26(22-9-5-4-8-21(22)23)36-27-25(30-13-14-31-27)19-10-12-29-24(16-19)32-20-7-6-11-28-17-20/h4-5,8-10,12-16,20,28,33H,3,6-7,11,17H2,1-2H3,(H,29,32). The fourth-order valence-corrected chi connectivity index (χ4v) is 5.13. The van der Waals surface area contributed by atoms with Crippen LogP contribution >= 0.6 is 0 Å². The number of nitrogens with one attached hydrogen (secondary N) is 3. The van der Waals surface area contributed by atoms with E-state index in [1.807, 2.05) is 43.3 Å². The van der Waals surface area contributed by atoms with Crippen molar-refractivity contribution in [1.82, 2.24) is 20.3 Å². The summed E-state index contributed by atoms with van der Waals surface area (Å²) in [6, 6.07) is 13.5. The van der Waals surface area contributed by atoms with E-state index in [1.54, 1.807) is 31.6 Å². The molecule has 0 bridgehead atoms. The van der Waals surface area contributed by atoms with E-state index in [4.69, 9.17) is 4.74 Å². The van der Waals surface area contributed by atoms with E-state index in [2.05, 4.69) is 30.3 Å². The third-order valence-electron chi connectivity index (χ3n) is 6.37. The predicted molar refractivity (Wildman–Crippen MR) is 147 cm³/mol. The number of ether oxygens (including phenoxy) is 1. The topological polar surface area (TPSA) is 118 Å². The molecule has 1 fully saturated rings. The second-order valence-electron chi connectivity index (χ2n) is 9.05. The number of fused-ring (bicyclic) bond motifs is 1. The summed E-state index contributed by atoms with van der Waals surface area (Å²) in [7, 11) is -3.44. The van der Waals surface area contributed by atoms with Gasteiger partial charge < -0.3 is 15.4 Å². The minimum absolute atomic E-state index is 0.0123. The number of sulfonamides is 1. The number of hydrogen-bond acceptors (Lipinski definition) is 8. The molecule has 1 saturated heterocycles. The summed E-state index contributed by atoms with van der Waals surface area (Å²) < 4.78 is 33.7. The Hall–Kier alpha value is -3.76. The van der Waals surface area contributed by atoms with E-state index in [0.29, 0.717) is 29.1 Å². The Bertz CT molecular complexity index is 1520. The van der Waals surface area contributed by atoms with Gasteiger partial charge in [-0.1, -0.05) is 24.3 Å². The monoisotopic (exact) mass is 518 g/mol. The van der Waals surface area contributed by atoms with Crippen molar-refractivity contribution in [3.05, 3.63) is 66.6 Å². The zero-order valence-corrected chi connectivity index (χ0v) is 21.7. The maximum atomic E-state index is 12.3. The maximum Gasteiger partial charge on any atom is 0.246 e. The Labute approximate surface area is 216 Å². The van der Waals surface area contributed by atoms with Gasteiger partial charge in [0.1, 0.15) is 17.3 Å². The van der Waals surface area contributed by atoms with Crippen LogP contribution in [0.2, 0.25) is 0 Å². The number of pyridine rings is 1. The second kappa shape index (κ2) is 10.7. The summed E-state index contributed by atoms with van der Waals surface area (Å²) in [4.78, 5) is 13.6. The maximum absolute atomic E-state index is 12.3. The Kier molecular flexibility index (Phi) is 7.20. The number of nitrogens with zero attached hydrogens (tertiary/aromatic N) is 3. The van der Waals surface area contributed by atoms with Gasteiger partial charge in [0.05, 0.1) is 11.4 Å². The van der Waals surface area contributed by atoms with Crippen molar-refractivity contribution >= 4 is 32.3 Å². The van der Waals surface area contributed by atoms with Crippen LogP contribution < -0.4 is 20.1 Å². The minimum atomic E-state index is -3.44. The van der Waals surface area contributed by atoms with Crippen LogP contribution in [0, 0.1) is 6.92 Å². The molecule has 2 aromatic heterocycles. The smallest absolute Gasteiger partial charge is 0.246 e. The van der Waals surface area contributed by atoms with Gasteiger partial charge in [-0.05, 0) is 57.0 Å². The molecule has 5 rings (SSSR count). The van der Waals surface area contributed by atoms with Crippen LogP contribution in [0.15, 0.2) is 61.1 Å². The van der Waals surface area contributed by atoms with Gasteiger partial charge in [0.25, 0.3) is 0 Å². The lowest BCUT2D eigenvalue weighted by Crippen LogP contribution is -2.38. The number of hydrogen-bond donors (Lipinski definition) is 3. The molecule has 3 N–H and O–H groups in total. The first-order valence-electron chi connectivity index (χ1n) is 12.4. The Morgan fingerprint density at radius 2 is 1.86 bits per heavy atom. The summed E-state index contributed by atoms with van der Waals surface area (Å²) >= 11 is 0. The number of aryl methyl sites for hydroxylation is 1. The van der Waals surface area contributed by atoms with Gasteiger partial charge in [-0.2, -0.15) is 0 Å². The van der Waals surface area contributed by atoms with Crippen molar-refractivity contribution in [3.63, 3.8) is 0 Å². The SMILES string of the molecule is CCS(=O)(=O)Nc1cc(C)c(Oc2nccnc2-c2ccnc(NC3CCCNC3)c2)c2ccccc12. The van der Waals surface area contributed by atoms with Gasteiger partial charge in [0, 0.05) is 47.5 Å². The van der Waals surface area contributed by atoms with Crippen molar-refractivity contribution in [1.29, 1.82) is 0 Å². The average Bonchev–Trinajstić information content (AvgIpc) is 2.92. The average molecular weight is 519 g/mol. The quantitative estimate of drug-likeness (QED) is 0.307. The van der Waals surface area contributed by atoms with E-state index in [9.17, 15) is 8.42 Å². The van der Waals surface area contributed by atoms with E-state index in [1.165, 1.54) is 0 Å². The molecular formula is C27H30N6O3S. The second-order valence-corrected chi connectivity index (χ2v) is 11.1. The lowest BCUT2D eigenvalue weighted by atomic mass is 10.0. The highest BCUT2D eigenvalue weighted by Crippen LogP contribution is 2.39. The van der Waals surface area contributed by atoms with Crippen LogP contribution in [0.25, 0.3) is 22.0 Å². The third-order valence-corrected chi connectivity index (χ3v) is 7.66. The molecule has 0 radical (unpaired) electrons. The first kappa shape index (κ1) is 24.9. The van der Waals surface area contributed by atoms with Crippen LogP contribution in [0.3, 0.4) is 0 Å². The zero-order chi connectivity index (χ0) is 25.8. The number of anilines is 2. The molecule has 1 aliphatic rings. The molecular weight excluding hydrogens is 488 g/mol.